The van der Waals surface area contributed by atoms with Crippen molar-refractivity contribution in [1.29, 1.82) is 0 Å². The van der Waals surface area contributed by atoms with Crippen molar-refractivity contribution in [2.75, 3.05) is 19.7 Å². The van der Waals surface area contributed by atoms with E-state index in [0.717, 1.165) is 25.7 Å². The quantitative estimate of drug-likeness (QED) is 0.707. The van der Waals surface area contributed by atoms with Crippen LogP contribution in [0, 0.1) is 5.92 Å². The molecule has 2 fully saturated rings. The predicted octanol–water partition coefficient (Wildman–Crippen LogP) is 0.798. The molecule has 6 nitrogen and oxygen atoms in total. The smallest absolute Gasteiger partial charge is 0.329 e. The van der Waals surface area contributed by atoms with Crippen molar-refractivity contribution in [3.05, 3.63) is 0 Å². The van der Waals surface area contributed by atoms with Gasteiger partial charge in [0.15, 0.2) is 0 Å². The van der Waals surface area contributed by atoms with Gasteiger partial charge in [-0.05, 0) is 31.6 Å². The lowest BCUT2D eigenvalue weighted by atomic mass is 9.97. The topological polar surface area (TPSA) is 89.9 Å². The average molecular weight is 270 g/mol. The van der Waals surface area contributed by atoms with Crippen molar-refractivity contribution in [2.24, 2.45) is 5.92 Å². The number of nitrogens with one attached hydrogen (secondary N) is 1. The fraction of sp³-hybridized carbons (Fsp3) is 0.846. The van der Waals surface area contributed by atoms with Gasteiger partial charge < -0.3 is 20.4 Å². The zero-order valence-electron chi connectivity index (χ0n) is 11.1. The molecule has 1 saturated heterocycles. The second kappa shape index (κ2) is 5.77. The molecule has 1 saturated carbocycles. The molecule has 0 bridgehead atoms. The fourth-order valence-electron chi connectivity index (χ4n) is 2.97. The summed E-state index contributed by atoms with van der Waals surface area (Å²) in [5, 5.41) is 21.1. The number of amides is 2. The first-order valence-electron chi connectivity index (χ1n) is 6.99. The molecule has 0 spiro atoms. The van der Waals surface area contributed by atoms with Crippen molar-refractivity contribution < 1.29 is 19.8 Å². The summed E-state index contributed by atoms with van der Waals surface area (Å²) in [5.41, 5.74) is -1.06. The number of likely N-dealkylation sites (tertiary alicyclic amines) is 1. The van der Waals surface area contributed by atoms with Gasteiger partial charge >= 0.3 is 12.0 Å². The normalized spacial score (nSPS) is 23.3. The molecule has 2 rings (SSSR count). The molecule has 0 unspecified atom stereocenters. The van der Waals surface area contributed by atoms with Crippen LogP contribution in [0.3, 0.4) is 0 Å². The fourth-order valence-corrected chi connectivity index (χ4v) is 2.97. The lowest BCUT2D eigenvalue weighted by Crippen LogP contribution is -2.57. The first-order chi connectivity index (χ1) is 9.07. The van der Waals surface area contributed by atoms with Crippen LogP contribution in [-0.2, 0) is 4.79 Å². The molecule has 19 heavy (non-hydrogen) atoms. The number of aliphatic carboxylic acids is 1. The molecule has 2 aliphatic rings. The van der Waals surface area contributed by atoms with E-state index in [1.807, 2.05) is 0 Å². The molecule has 1 aliphatic heterocycles. The summed E-state index contributed by atoms with van der Waals surface area (Å²) in [6, 6.07) is -0.277. The average Bonchev–Trinajstić information content (AvgIpc) is 2.88. The number of urea groups is 1. The summed E-state index contributed by atoms with van der Waals surface area (Å²) in [6.07, 6.45) is 4.29. The van der Waals surface area contributed by atoms with Crippen LogP contribution < -0.4 is 5.32 Å². The number of aliphatic hydroxyl groups excluding tert-OH is 1. The number of piperidine rings is 1. The minimum absolute atomic E-state index is 0.161. The number of rotatable bonds is 3. The highest BCUT2D eigenvalue weighted by molar-refractivity contribution is 5.86. The highest BCUT2D eigenvalue weighted by atomic mass is 16.4. The van der Waals surface area contributed by atoms with Gasteiger partial charge in [0, 0.05) is 19.7 Å². The highest BCUT2D eigenvalue weighted by Gasteiger charge is 2.43. The molecule has 3 N–H and O–H groups in total. The summed E-state index contributed by atoms with van der Waals surface area (Å²) in [6.45, 7) is 1.34. The van der Waals surface area contributed by atoms with E-state index in [-0.39, 0.29) is 18.6 Å². The van der Waals surface area contributed by atoms with Crippen LogP contribution in [0.1, 0.15) is 38.5 Å². The first kappa shape index (κ1) is 14.1. The standard InChI is InChI=1S/C13H22N2O4/c16-9-10-3-7-15(8-4-10)12(19)14-13(11(17)18)5-1-2-6-13/h10,16H,1-9H2,(H,14,19)(H,17,18). The molecular formula is C13H22N2O4. The van der Waals surface area contributed by atoms with E-state index in [2.05, 4.69) is 5.32 Å². The van der Waals surface area contributed by atoms with E-state index < -0.39 is 11.5 Å². The number of carbonyl (C=O) groups excluding carboxylic acids is 1. The van der Waals surface area contributed by atoms with Gasteiger partial charge in [0.2, 0.25) is 0 Å². The van der Waals surface area contributed by atoms with Gasteiger partial charge in [-0.2, -0.15) is 0 Å². The number of hydrogen-bond acceptors (Lipinski definition) is 3. The van der Waals surface area contributed by atoms with Gasteiger partial charge in [0.25, 0.3) is 0 Å². The molecule has 0 aromatic carbocycles. The molecule has 1 heterocycles. The zero-order chi connectivity index (χ0) is 13.9. The molecule has 0 radical (unpaired) electrons. The zero-order valence-corrected chi connectivity index (χ0v) is 11.1. The second-order valence-electron chi connectivity index (χ2n) is 5.64. The van der Waals surface area contributed by atoms with Gasteiger partial charge in [-0.3, -0.25) is 0 Å². The number of carbonyl (C=O) groups is 2. The Morgan fingerprint density at radius 2 is 1.79 bits per heavy atom. The molecular weight excluding hydrogens is 248 g/mol. The lowest BCUT2D eigenvalue weighted by molar-refractivity contribution is -0.144. The van der Waals surface area contributed by atoms with Crippen molar-refractivity contribution >= 4 is 12.0 Å². The van der Waals surface area contributed by atoms with Crippen LogP contribution in [0.5, 0.6) is 0 Å². The monoisotopic (exact) mass is 270 g/mol. The third kappa shape index (κ3) is 3.00. The minimum atomic E-state index is -1.06. The van der Waals surface area contributed by atoms with Gasteiger partial charge in [0.05, 0.1) is 0 Å². The Kier molecular flexibility index (Phi) is 4.29. The molecule has 108 valence electrons. The summed E-state index contributed by atoms with van der Waals surface area (Å²) < 4.78 is 0. The molecule has 1 aliphatic carbocycles. The maximum Gasteiger partial charge on any atom is 0.329 e. The van der Waals surface area contributed by atoms with Crippen LogP contribution in [0.4, 0.5) is 4.79 Å². The van der Waals surface area contributed by atoms with Crippen LogP contribution in [-0.4, -0.2) is 52.3 Å². The van der Waals surface area contributed by atoms with E-state index in [1.165, 1.54) is 0 Å². The summed E-state index contributed by atoms with van der Waals surface area (Å²) in [4.78, 5) is 25.2. The van der Waals surface area contributed by atoms with Gasteiger partial charge in [-0.25, -0.2) is 9.59 Å². The van der Waals surface area contributed by atoms with Crippen LogP contribution in [0.25, 0.3) is 0 Å². The van der Waals surface area contributed by atoms with Crippen molar-refractivity contribution in [3.63, 3.8) is 0 Å². The number of carboxylic acids is 1. The molecule has 6 heteroatoms. The van der Waals surface area contributed by atoms with Crippen molar-refractivity contribution in [3.8, 4) is 0 Å². The van der Waals surface area contributed by atoms with E-state index in [9.17, 15) is 14.7 Å². The number of nitrogens with zero attached hydrogens (tertiary/aromatic N) is 1. The molecule has 0 aromatic heterocycles. The Hall–Kier alpha value is -1.30. The summed E-state index contributed by atoms with van der Waals surface area (Å²) >= 11 is 0. The first-order valence-corrected chi connectivity index (χ1v) is 6.99. The predicted molar refractivity (Wildman–Crippen MR) is 68.7 cm³/mol. The Morgan fingerprint density at radius 1 is 1.21 bits per heavy atom. The second-order valence-corrected chi connectivity index (χ2v) is 5.64. The molecule has 2 amide bonds. The Labute approximate surface area is 112 Å². The van der Waals surface area contributed by atoms with Crippen LogP contribution in [0.2, 0.25) is 0 Å². The third-order valence-corrected chi connectivity index (χ3v) is 4.37. The van der Waals surface area contributed by atoms with E-state index >= 15 is 0 Å². The summed E-state index contributed by atoms with van der Waals surface area (Å²) in [7, 11) is 0. The Bertz CT molecular complexity index is 345. The SMILES string of the molecule is O=C(NC1(C(=O)O)CCCC1)N1CCC(CO)CC1. The van der Waals surface area contributed by atoms with Gasteiger partial charge in [-0.1, -0.05) is 12.8 Å². The van der Waals surface area contributed by atoms with Gasteiger partial charge in [-0.15, -0.1) is 0 Å². The van der Waals surface area contributed by atoms with Crippen molar-refractivity contribution in [1.82, 2.24) is 10.2 Å². The van der Waals surface area contributed by atoms with Crippen LogP contribution in [0.15, 0.2) is 0 Å². The van der Waals surface area contributed by atoms with E-state index in [0.29, 0.717) is 25.9 Å². The number of hydrogen-bond donors (Lipinski definition) is 3. The van der Waals surface area contributed by atoms with Crippen molar-refractivity contribution in [2.45, 2.75) is 44.1 Å². The minimum Gasteiger partial charge on any atom is -0.480 e. The number of carboxylic acid groups (broad SMARTS) is 1. The Morgan fingerprint density at radius 3 is 2.26 bits per heavy atom. The maximum absolute atomic E-state index is 12.1. The van der Waals surface area contributed by atoms with Crippen LogP contribution >= 0.6 is 0 Å². The molecule has 0 atom stereocenters. The highest BCUT2D eigenvalue weighted by Crippen LogP contribution is 2.30. The number of aliphatic hydroxyl groups is 1. The van der Waals surface area contributed by atoms with Gasteiger partial charge in [0.1, 0.15) is 5.54 Å². The Balaban J connectivity index is 1.92. The maximum atomic E-state index is 12.1. The molecule has 0 aromatic rings. The van der Waals surface area contributed by atoms with E-state index in [1.54, 1.807) is 4.90 Å². The largest absolute Gasteiger partial charge is 0.480 e. The van der Waals surface area contributed by atoms with E-state index in [4.69, 9.17) is 5.11 Å². The third-order valence-electron chi connectivity index (χ3n) is 4.37. The lowest BCUT2D eigenvalue weighted by Gasteiger charge is -2.34. The summed E-state index contributed by atoms with van der Waals surface area (Å²) in [5.74, 6) is -0.660.